The summed E-state index contributed by atoms with van der Waals surface area (Å²) in [5.41, 5.74) is 6.40. The van der Waals surface area contributed by atoms with Gasteiger partial charge in [-0.3, -0.25) is 0 Å². The number of hydrogen-bond donors (Lipinski definition) is 2. The second kappa shape index (κ2) is 20.9. The normalized spacial score (nSPS) is 14.4. The van der Waals surface area contributed by atoms with Gasteiger partial charge in [0.15, 0.2) is 0 Å². The van der Waals surface area contributed by atoms with Crippen LogP contribution in [-0.2, 0) is 4.74 Å². The minimum Gasteiger partial charge on any atom is -0.375 e. The molecular weight excluding hydrogens is 428 g/mol. The number of rotatable bonds is 25. The fourth-order valence-corrected chi connectivity index (χ4v) is 5.82. The first-order valence-corrected chi connectivity index (χ1v) is 15.7. The minimum atomic E-state index is -0.0635. The first kappa shape index (κ1) is 34.9. The third-order valence-corrected chi connectivity index (χ3v) is 8.20. The summed E-state index contributed by atoms with van der Waals surface area (Å²) in [5.74, 6) is 0. The molecule has 0 aromatic heterocycles. The Balaban J connectivity index is 4.83. The number of ether oxygens (including phenoxy) is 1. The van der Waals surface area contributed by atoms with Crippen molar-refractivity contribution < 1.29 is 4.74 Å². The van der Waals surface area contributed by atoms with E-state index in [0.717, 1.165) is 26.2 Å². The van der Waals surface area contributed by atoms with Gasteiger partial charge in [0.2, 0.25) is 0 Å². The van der Waals surface area contributed by atoms with E-state index < -0.39 is 0 Å². The predicted molar refractivity (Wildman–Crippen MR) is 158 cm³/mol. The van der Waals surface area contributed by atoms with E-state index in [0.29, 0.717) is 5.41 Å². The van der Waals surface area contributed by atoms with Crippen LogP contribution in [0.1, 0.15) is 164 Å². The van der Waals surface area contributed by atoms with Gasteiger partial charge in [0, 0.05) is 19.7 Å². The highest BCUT2D eigenvalue weighted by molar-refractivity contribution is 4.95. The molecule has 3 N–H and O–H groups in total. The molecule has 0 aliphatic rings. The van der Waals surface area contributed by atoms with Crippen LogP contribution in [0.5, 0.6) is 0 Å². The summed E-state index contributed by atoms with van der Waals surface area (Å²) in [4.78, 5) is 0. The molecule has 212 valence electrons. The fourth-order valence-electron chi connectivity index (χ4n) is 5.82. The third-order valence-electron chi connectivity index (χ3n) is 8.20. The zero-order chi connectivity index (χ0) is 26.5. The maximum Gasteiger partial charge on any atom is 0.0682 e. The summed E-state index contributed by atoms with van der Waals surface area (Å²) in [6, 6.07) is 0. The van der Waals surface area contributed by atoms with Gasteiger partial charge in [-0.2, -0.15) is 0 Å². The maximum absolute atomic E-state index is 6.48. The molecule has 3 nitrogen and oxygen atoms in total. The molecule has 1 unspecified atom stereocenters. The van der Waals surface area contributed by atoms with Crippen LogP contribution in [0.15, 0.2) is 0 Å². The number of nitrogens with two attached hydrogens (primary N) is 1. The SMILES string of the molecule is CCCCCCCCC(CCCCCCCCCC(C)(C)C)(CCCNCCN)C(C)(C)OCC. The van der Waals surface area contributed by atoms with Crippen molar-refractivity contribution in [3.05, 3.63) is 0 Å². The smallest absolute Gasteiger partial charge is 0.0682 e. The highest BCUT2D eigenvalue weighted by Gasteiger charge is 2.44. The molecule has 0 aliphatic heterocycles. The standard InChI is InChI=1S/C32H68N2O/c1-8-10-11-12-17-20-24-32(31(6,7)35-9-2,26-22-28-34-29-27-33)25-21-18-15-13-14-16-19-23-30(3,4)5/h34H,8-29,33H2,1-7H3. The first-order chi connectivity index (χ1) is 16.6. The Kier molecular flexibility index (Phi) is 20.8. The monoisotopic (exact) mass is 497 g/mol. The van der Waals surface area contributed by atoms with Gasteiger partial charge in [0.1, 0.15) is 0 Å². The van der Waals surface area contributed by atoms with Crippen LogP contribution in [0.3, 0.4) is 0 Å². The average molecular weight is 497 g/mol. The summed E-state index contributed by atoms with van der Waals surface area (Å²) >= 11 is 0. The minimum absolute atomic E-state index is 0.0635. The molecule has 0 bridgehead atoms. The summed E-state index contributed by atoms with van der Waals surface area (Å²) in [6.07, 6.45) is 24.5. The van der Waals surface area contributed by atoms with E-state index in [2.05, 4.69) is 53.8 Å². The zero-order valence-electron chi connectivity index (χ0n) is 25.5. The van der Waals surface area contributed by atoms with Gasteiger partial charge in [-0.05, 0) is 70.3 Å². The molecule has 0 saturated heterocycles. The van der Waals surface area contributed by atoms with Gasteiger partial charge in [-0.1, -0.05) is 111 Å². The molecule has 3 heteroatoms. The number of hydrogen-bond acceptors (Lipinski definition) is 3. The lowest BCUT2D eigenvalue weighted by Gasteiger charge is -2.47. The van der Waals surface area contributed by atoms with Crippen LogP contribution in [0.4, 0.5) is 0 Å². The first-order valence-electron chi connectivity index (χ1n) is 15.7. The highest BCUT2D eigenvalue weighted by atomic mass is 16.5. The zero-order valence-corrected chi connectivity index (χ0v) is 25.5. The van der Waals surface area contributed by atoms with Gasteiger partial charge in [-0.15, -0.1) is 0 Å². The van der Waals surface area contributed by atoms with Gasteiger partial charge in [0.25, 0.3) is 0 Å². The topological polar surface area (TPSA) is 47.3 Å². The second-order valence-corrected chi connectivity index (χ2v) is 12.9. The van der Waals surface area contributed by atoms with Crippen molar-refractivity contribution in [3.8, 4) is 0 Å². The van der Waals surface area contributed by atoms with Crippen molar-refractivity contribution in [1.82, 2.24) is 5.32 Å². The van der Waals surface area contributed by atoms with Crippen molar-refractivity contribution in [2.45, 2.75) is 170 Å². The molecule has 0 aromatic rings. The lowest BCUT2D eigenvalue weighted by molar-refractivity contribution is -0.122. The molecular formula is C32H68N2O. The third kappa shape index (κ3) is 17.9. The Bertz CT molecular complexity index is 457. The molecule has 0 heterocycles. The lowest BCUT2D eigenvalue weighted by Crippen LogP contribution is -2.46. The molecule has 0 aromatic carbocycles. The Morgan fingerprint density at radius 2 is 1.03 bits per heavy atom. The Labute approximate surface area is 222 Å². The number of unbranched alkanes of at least 4 members (excludes halogenated alkanes) is 11. The Morgan fingerprint density at radius 3 is 1.49 bits per heavy atom. The number of nitrogens with one attached hydrogen (secondary N) is 1. The van der Waals surface area contributed by atoms with Crippen molar-refractivity contribution >= 4 is 0 Å². The van der Waals surface area contributed by atoms with Gasteiger partial charge in [0.05, 0.1) is 5.60 Å². The molecule has 0 fully saturated rings. The van der Waals surface area contributed by atoms with Crippen LogP contribution in [-0.4, -0.2) is 31.8 Å². The molecule has 0 saturated carbocycles. The van der Waals surface area contributed by atoms with Crippen molar-refractivity contribution in [3.63, 3.8) is 0 Å². The van der Waals surface area contributed by atoms with Crippen LogP contribution < -0.4 is 11.1 Å². The Hall–Kier alpha value is -0.120. The highest BCUT2D eigenvalue weighted by Crippen LogP contribution is 2.47. The van der Waals surface area contributed by atoms with Crippen molar-refractivity contribution in [1.29, 1.82) is 0 Å². The molecule has 0 radical (unpaired) electrons. The fraction of sp³-hybridized carbons (Fsp3) is 1.00. The van der Waals surface area contributed by atoms with Crippen molar-refractivity contribution in [2.24, 2.45) is 16.6 Å². The summed E-state index contributed by atoms with van der Waals surface area (Å²) < 4.78 is 6.48. The summed E-state index contributed by atoms with van der Waals surface area (Å²) in [5, 5.41) is 3.53. The average Bonchev–Trinajstić information content (AvgIpc) is 2.78. The largest absolute Gasteiger partial charge is 0.375 e. The van der Waals surface area contributed by atoms with E-state index in [1.54, 1.807) is 0 Å². The van der Waals surface area contributed by atoms with E-state index in [1.807, 2.05) is 0 Å². The summed E-state index contributed by atoms with van der Waals surface area (Å²) in [7, 11) is 0. The quantitative estimate of drug-likeness (QED) is 0.124. The Morgan fingerprint density at radius 1 is 0.571 bits per heavy atom. The predicted octanol–water partition coefficient (Wildman–Crippen LogP) is 9.42. The van der Waals surface area contributed by atoms with Crippen LogP contribution in [0.25, 0.3) is 0 Å². The summed E-state index contributed by atoms with van der Waals surface area (Å²) in [6.45, 7) is 19.9. The molecule has 0 aliphatic carbocycles. The lowest BCUT2D eigenvalue weighted by atomic mass is 9.64. The van der Waals surface area contributed by atoms with Gasteiger partial charge >= 0.3 is 0 Å². The van der Waals surface area contributed by atoms with Crippen LogP contribution in [0, 0.1) is 10.8 Å². The molecule has 0 spiro atoms. The van der Waals surface area contributed by atoms with Crippen LogP contribution in [0.2, 0.25) is 0 Å². The maximum atomic E-state index is 6.48. The van der Waals surface area contributed by atoms with E-state index in [4.69, 9.17) is 10.5 Å². The van der Waals surface area contributed by atoms with E-state index >= 15 is 0 Å². The van der Waals surface area contributed by atoms with E-state index in [1.165, 1.54) is 116 Å². The van der Waals surface area contributed by atoms with Gasteiger partial charge < -0.3 is 15.8 Å². The van der Waals surface area contributed by atoms with Crippen molar-refractivity contribution in [2.75, 3.05) is 26.2 Å². The molecule has 0 rings (SSSR count). The second-order valence-electron chi connectivity index (χ2n) is 12.9. The van der Waals surface area contributed by atoms with E-state index in [-0.39, 0.29) is 11.0 Å². The molecule has 1 atom stereocenters. The van der Waals surface area contributed by atoms with E-state index in [9.17, 15) is 0 Å². The van der Waals surface area contributed by atoms with Crippen LogP contribution >= 0.6 is 0 Å². The molecule has 0 amide bonds. The molecule has 35 heavy (non-hydrogen) atoms. The van der Waals surface area contributed by atoms with Gasteiger partial charge in [-0.25, -0.2) is 0 Å².